The summed E-state index contributed by atoms with van der Waals surface area (Å²) in [6.45, 7) is 0. The lowest BCUT2D eigenvalue weighted by atomic mass is 10.0. The number of ether oxygens (including phenoxy) is 2. The predicted octanol–water partition coefficient (Wildman–Crippen LogP) is 8.89. The number of hydrogen-bond donors (Lipinski definition) is 0. The summed E-state index contributed by atoms with van der Waals surface area (Å²) in [5.41, 5.74) is 2.54. The lowest BCUT2D eigenvalue weighted by Gasteiger charge is -2.10. The van der Waals surface area contributed by atoms with Gasteiger partial charge in [-0.3, -0.25) is 9.59 Å². The molecule has 0 amide bonds. The molecule has 6 aromatic rings. The number of carbonyl (C=O) groups is 2. The van der Waals surface area contributed by atoms with Crippen molar-refractivity contribution in [2.75, 3.05) is 0 Å². The van der Waals surface area contributed by atoms with E-state index in [2.05, 4.69) is 0 Å². The van der Waals surface area contributed by atoms with Crippen LogP contribution in [0.15, 0.2) is 146 Å². The van der Waals surface area contributed by atoms with Crippen LogP contribution in [-0.4, -0.2) is 11.6 Å². The average molecular weight is 521 g/mol. The Hall–Kier alpha value is -5.48. The molecule has 0 aliphatic carbocycles. The molecule has 0 atom stereocenters. The van der Waals surface area contributed by atoms with Crippen molar-refractivity contribution in [2.45, 2.75) is 0 Å². The molecule has 0 heterocycles. The van der Waals surface area contributed by atoms with Crippen LogP contribution in [0, 0.1) is 0 Å². The van der Waals surface area contributed by atoms with Gasteiger partial charge in [-0.1, -0.05) is 72.8 Å². The van der Waals surface area contributed by atoms with Gasteiger partial charge in [0.15, 0.2) is 11.6 Å². The molecule has 6 aromatic carbocycles. The minimum absolute atomic E-state index is 0.0208. The maximum Gasteiger partial charge on any atom is 0.193 e. The molecule has 0 saturated carbocycles. The van der Waals surface area contributed by atoms with Gasteiger partial charge in [0.05, 0.1) is 0 Å². The highest BCUT2D eigenvalue weighted by Crippen LogP contribution is 2.30. The fourth-order valence-corrected chi connectivity index (χ4v) is 4.46. The van der Waals surface area contributed by atoms with E-state index >= 15 is 0 Å². The van der Waals surface area contributed by atoms with Gasteiger partial charge in [0.25, 0.3) is 0 Å². The molecule has 0 aromatic heterocycles. The predicted molar refractivity (Wildman–Crippen MR) is 157 cm³/mol. The summed E-state index contributed by atoms with van der Waals surface area (Å²) in [7, 11) is 0. The van der Waals surface area contributed by atoms with E-state index in [-0.39, 0.29) is 11.6 Å². The fourth-order valence-electron chi connectivity index (χ4n) is 4.46. The van der Waals surface area contributed by atoms with Gasteiger partial charge in [0.1, 0.15) is 23.0 Å². The lowest BCUT2D eigenvalue weighted by molar-refractivity contribution is 0.103. The van der Waals surface area contributed by atoms with E-state index < -0.39 is 0 Å². The van der Waals surface area contributed by atoms with E-state index in [0.717, 1.165) is 10.8 Å². The Morgan fingerprint density at radius 1 is 0.350 bits per heavy atom. The van der Waals surface area contributed by atoms with E-state index in [1.807, 2.05) is 97.1 Å². The fraction of sp³-hybridized carbons (Fsp3) is 0. The molecule has 0 aliphatic heterocycles. The van der Waals surface area contributed by atoms with Gasteiger partial charge in [-0.15, -0.1) is 0 Å². The third-order valence-corrected chi connectivity index (χ3v) is 6.56. The van der Waals surface area contributed by atoms with Crippen LogP contribution in [0.3, 0.4) is 0 Å². The quantitative estimate of drug-likeness (QED) is 0.188. The highest BCUT2D eigenvalue weighted by molar-refractivity contribution is 6.09. The summed E-state index contributed by atoms with van der Waals surface area (Å²) in [5, 5.41) is 2.01. The van der Waals surface area contributed by atoms with Crippen LogP contribution in [0.4, 0.5) is 0 Å². The van der Waals surface area contributed by atoms with Crippen LogP contribution in [-0.2, 0) is 0 Å². The third-order valence-electron chi connectivity index (χ3n) is 6.56. The molecular weight excluding hydrogens is 496 g/mol. The zero-order chi connectivity index (χ0) is 27.3. The first-order valence-electron chi connectivity index (χ1n) is 12.9. The monoisotopic (exact) mass is 520 g/mol. The first-order valence-corrected chi connectivity index (χ1v) is 12.9. The summed E-state index contributed by atoms with van der Waals surface area (Å²) >= 11 is 0. The summed E-state index contributed by atoms with van der Waals surface area (Å²) < 4.78 is 12.1. The molecular formula is C36H24O4. The standard InChI is InChI=1S/C36H24O4/c37-35(25-7-3-1-4-8-25)27-11-17-31(18-12-27)39-33-21-15-30-24-34(22-16-29(30)23-33)40-32-19-13-28(14-20-32)36(38)26-9-5-2-6-10-26/h1-24H. The topological polar surface area (TPSA) is 52.6 Å². The smallest absolute Gasteiger partial charge is 0.193 e. The Balaban J connectivity index is 1.12. The van der Waals surface area contributed by atoms with Crippen molar-refractivity contribution >= 4 is 22.3 Å². The minimum Gasteiger partial charge on any atom is -0.457 e. The van der Waals surface area contributed by atoms with Gasteiger partial charge in [0.2, 0.25) is 0 Å². The molecule has 0 N–H and O–H groups in total. The van der Waals surface area contributed by atoms with Crippen LogP contribution in [0.1, 0.15) is 31.8 Å². The minimum atomic E-state index is -0.0208. The number of carbonyl (C=O) groups excluding carboxylic acids is 2. The molecule has 6 rings (SSSR count). The van der Waals surface area contributed by atoms with Crippen molar-refractivity contribution in [3.8, 4) is 23.0 Å². The first kappa shape index (κ1) is 24.8. The average Bonchev–Trinajstić information content (AvgIpc) is 3.02. The number of ketones is 2. The van der Waals surface area contributed by atoms with E-state index in [1.54, 1.807) is 48.5 Å². The summed E-state index contributed by atoms with van der Waals surface area (Å²) in [6, 6.07) is 44.4. The largest absolute Gasteiger partial charge is 0.457 e. The normalized spacial score (nSPS) is 10.7. The molecule has 0 aliphatic rings. The lowest BCUT2D eigenvalue weighted by Crippen LogP contribution is -2.00. The number of hydrogen-bond acceptors (Lipinski definition) is 4. The van der Waals surface area contributed by atoms with Crippen LogP contribution in [0.5, 0.6) is 23.0 Å². The number of fused-ring (bicyclic) bond motifs is 1. The maximum absolute atomic E-state index is 12.6. The first-order chi connectivity index (χ1) is 19.6. The van der Waals surface area contributed by atoms with Crippen molar-refractivity contribution in [1.29, 1.82) is 0 Å². The van der Waals surface area contributed by atoms with Gasteiger partial charge in [-0.05, 0) is 83.6 Å². The second-order valence-electron chi connectivity index (χ2n) is 9.31. The molecule has 40 heavy (non-hydrogen) atoms. The Labute approximate surface area is 232 Å². The molecule has 4 nitrogen and oxygen atoms in total. The summed E-state index contributed by atoms with van der Waals surface area (Å²) in [4.78, 5) is 25.3. The van der Waals surface area contributed by atoms with Crippen molar-refractivity contribution < 1.29 is 19.1 Å². The summed E-state index contributed by atoms with van der Waals surface area (Å²) in [5.74, 6) is 2.65. The van der Waals surface area contributed by atoms with E-state index in [1.165, 1.54) is 0 Å². The molecule has 0 saturated heterocycles. The van der Waals surface area contributed by atoms with Gasteiger partial charge < -0.3 is 9.47 Å². The van der Waals surface area contributed by atoms with Crippen LogP contribution >= 0.6 is 0 Å². The third kappa shape index (κ3) is 5.52. The highest BCUT2D eigenvalue weighted by Gasteiger charge is 2.10. The Morgan fingerprint density at radius 2 is 0.675 bits per heavy atom. The number of benzene rings is 6. The molecule has 192 valence electrons. The Bertz CT molecular complexity index is 1650. The zero-order valence-corrected chi connectivity index (χ0v) is 21.5. The van der Waals surface area contributed by atoms with Gasteiger partial charge in [-0.2, -0.15) is 0 Å². The van der Waals surface area contributed by atoms with E-state index in [4.69, 9.17) is 9.47 Å². The van der Waals surface area contributed by atoms with Crippen molar-refractivity contribution in [2.24, 2.45) is 0 Å². The van der Waals surface area contributed by atoms with Crippen LogP contribution in [0.2, 0.25) is 0 Å². The van der Waals surface area contributed by atoms with E-state index in [9.17, 15) is 9.59 Å². The summed E-state index contributed by atoms with van der Waals surface area (Å²) in [6.07, 6.45) is 0. The zero-order valence-electron chi connectivity index (χ0n) is 21.5. The molecule has 0 unspecified atom stereocenters. The van der Waals surface area contributed by atoms with E-state index in [0.29, 0.717) is 45.3 Å². The molecule has 0 radical (unpaired) electrons. The second kappa shape index (κ2) is 11.1. The Morgan fingerprint density at radius 3 is 1.05 bits per heavy atom. The maximum atomic E-state index is 12.6. The van der Waals surface area contributed by atoms with Gasteiger partial charge >= 0.3 is 0 Å². The molecule has 0 fully saturated rings. The number of rotatable bonds is 8. The van der Waals surface area contributed by atoms with Crippen molar-refractivity contribution in [3.05, 3.63) is 168 Å². The van der Waals surface area contributed by atoms with Gasteiger partial charge in [-0.25, -0.2) is 0 Å². The Kier molecular flexibility index (Phi) is 6.89. The van der Waals surface area contributed by atoms with Crippen molar-refractivity contribution in [1.82, 2.24) is 0 Å². The van der Waals surface area contributed by atoms with Crippen LogP contribution in [0.25, 0.3) is 10.8 Å². The van der Waals surface area contributed by atoms with Crippen molar-refractivity contribution in [3.63, 3.8) is 0 Å². The second-order valence-corrected chi connectivity index (χ2v) is 9.31. The van der Waals surface area contributed by atoms with Crippen LogP contribution < -0.4 is 9.47 Å². The SMILES string of the molecule is O=C(c1ccccc1)c1ccc(Oc2ccc3cc(Oc4ccc(C(=O)c5ccccc5)cc4)ccc3c2)cc1. The highest BCUT2D eigenvalue weighted by atomic mass is 16.5. The molecule has 4 heteroatoms. The van der Waals surface area contributed by atoms with Gasteiger partial charge in [0, 0.05) is 22.3 Å². The molecule has 0 spiro atoms. The molecule has 0 bridgehead atoms.